The lowest BCUT2D eigenvalue weighted by atomic mass is 9.94. The Hall–Kier alpha value is -7.24. The highest BCUT2D eigenvalue weighted by Gasteiger charge is 2.17. The standard InChI is InChI=1S/C48H31N5/c1-3-13-36(14-4-1)53(37-15-5-2-6-16-37)38-22-19-32(20-23-38)33-21-24-41-44(27-33)39-17-7-8-18-40(39)47-48(41)52-46-29-43(35-12-10-26-50-31-35)42(28-45(46)51-47)34-11-9-25-49-30-34/h1-31H. The van der Waals surface area contributed by atoms with Crippen LogP contribution >= 0.6 is 0 Å². The summed E-state index contributed by atoms with van der Waals surface area (Å²) in [6.07, 6.45) is 7.38. The quantitative estimate of drug-likeness (QED) is 0.129. The Kier molecular flexibility index (Phi) is 7.40. The van der Waals surface area contributed by atoms with Crippen LogP contribution in [-0.4, -0.2) is 19.9 Å². The number of anilines is 3. The molecule has 0 spiro atoms. The van der Waals surface area contributed by atoms with Crippen molar-refractivity contribution in [2.24, 2.45) is 0 Å². The van der Waals surface area contributed by atoms with Crippen molar-refractivity contribution in [1.82, 2.24) is 19.9 Å². The molecule has 0 aliphatic heterocycles. The average Bonchev–Trinajstić information content (AvgIpc) is 3.24. The van der Waals surface area contributed by atoms with Gasteiger partial charge in [-0.25, -0.2) is 9.97 Å². The van der Waals surface area contributed by atoms with Gasteiger partial charge in [0.05, 0.1) is 22.1 Å². The van der Waals surface area contributed by atoms with E-state index in [2.05, 4.69) is 167 Å². The molecule has 0 saturated carbocycles. The second-order valence-corrected chi connectivity index (χ2v) is 13.2. The number of pyridine rings is 2. The van der Waals surface area contributed by atoms with Crippen molar-refractivity contribution in [3.8, 4) is 33.4 Å². The normalized spacial score (nSPS) is 11.4. The molecule has 53 heavy (non-hydrogen) atoms. The van der Waals surface area contributed by atoms with Crippen LogP contribution in [0.15, 0.2) is 189 Å². The topological polar surface area (TPSA) is 54.8 Å². The maximum absolute atomic E-state index is 5.36. The van der Waals surface area contributed by atoms with Gasteiger partial charge in [-0.2, -0.15) is 0 Å². The maximum Gasteiger partial charge on any atom is 0.0979 e. The fraction of sp³-hybridized carbons (Fsp3) is 0. The SMILES string of the molecule is c1ccc(N(c2ccccc2)c2ccc(-c3ccc4c(c3)c3ccccc3c3nc5cc(-c6cccnc6)c(-c6cccnc6)cc5nc43)cc2)cc1. The van der Waals surface area contributed by atoms with Gasteiger partial charge in [-0.3, -0.25) is 9.97 Å². The van der Waals surface area contributed by atoms with Gasteiger partial charge in [0.1, 0.15) is 0 Å². The van der Waals surface area contributed by atoms with Crippen LogP contribution in [-0.2, 0) is 0 Å². The first-order valence-corrected chi connectivity index (χ1v) is 17.7. The summed E-state index contributed by atoms with van der Waals surface area (Å²) in [6.45, 7) is 0. The van der Waals surface area contributed by atoms with Crippen LogP contribution in [0.25, 0.3) is 77.0 Å². The van der Waals surface area contributed by atoms with Gasteiger partial charge >= 0.3 is 0 Å². The zero-order valence-corrected chi connectivity index (χ0v) is 28.6. The van der Waals surface area contributed by atoms with Crippen molar-refractivity contribution in [3.05, 3.63) is 189 Å². The molecule has 0 saturated heterocycles. The number of para-hydroxylation sites is 2. The van der Waals surface area contributed by atoms with Crippen LogP contribution in [0.1, 0.15) is 0 Å². The molecule has 0 aliphatic rings. The third kappa shape index (κ3) is 5.43. The van der Waals surface area contributed by atoms with Crippen LogP contribution < -0.4 is 4.90 Å². The molecule has 0 atom stereocenters. The molecule has 10 aromatic rings. The zero-order valence-electron chi connectivity index (χ0n) is 28.6. The van der Waals surface area contributed by atoms with Crippen LogP contribution in [0.4, 0.5) is 17.1 Å². The summed E-state index contributed by atoms with van der Waals surface area (Å²) < 4.78 is 0. The molecule has 0 unspecified atom stereocenters. The summed E-state index contributed by atoms with van der Waals surface area (Å²) in [5.41, 5.74) is 13.2. The minimum atomic E-state index is 0.835. The molecule has 3 heterocycles. The van der Waals surface area contributed by atoms with Crippen molar-refractivity contribution in [2.75, 3.05) is 4.90 Å². The first kappa shape index (κ1) is 30.6. The Balaban J connectivity index is 1.13. The Morgan fingerprint density at radius 2 is 0.830 bits per heavy atom. The maximum atomic E-state index is 5.36. The van der Waals surface area contributed by atoms with Crippen molar-refractivity contribution in [3.63, 3.8) is 0 Å². The Morgan fingerprint density at radius 3 is 1.38 bits per heavy atom. The number of nitrogens with zero attached hydrogens (tertiary/aromatic N) is 5. The zero-order chi connectivity index (χ0) is 35.1. The molecule has 3 aromatic heterocycles. The first-order valence-electron chi connectivity index (χ1n) is 17.7. The van der Waals surface area contributed by atoms with Gasteiger partial charge in [0.15, 0.2) is 0 Å². The van der Waals surface area contributed by atoms with Crippen molar-refractivity contribution in [2.45, 2.75) is 0 Å². The van der Waals surface area contributed by atoms with Crippen molar-refractivity contribution in [1.29, 1.82) is 0 Å². The predicted octanol–water partition coefficient (Wildman–Crippen LogP) is 12.4. The van der Waals surface area contributed by atoms with Crippen LogP contribution in [0, 0.1) is 0 Å². The van der Waals surface area contributed by atoms with Gasteiger partial charge in [-0.15, -0.1) is 0 Å². The molecule has 5 heteroatoms. The minimum absolute atomic E-state index is 0.835. The molecule has 0 N–H and O–H groups in total. The fourth-order valence-electron chi connectivity index (χ4n) is 7.48. The highest BCUT2D eigenvalue weighted by atomic mass is 15.1. The minimum Gasteiger partial charge on any atom is -0.311 e. The van der Waals surface area contributed by atoms with Gasteiger partial charge in [0.2, 0.25) is 0 Å². The Morgan fingerprint density at radius 1 is 0.340 bits per heavy atom. The average molecular weight is 678 g/mol. The molecule has 0 amide bonds. The number of hydrogen-bond acceptors (Lipinski definition) is 5. The molecule has 248 valence electrons. The third-order valence-corrected chi connectivity index (χ3v) is 9.98. The van der Waals surface area contributed by atoms with E-state index in [1.165, 1.54) is 0 Å². The van der Waals surface area contributed by atoms with E-state index in [0.29, 0.717) is 0 Å². The van der Waals surface area contributed by atoms with E-state index >= 15 is 0 Å². The fourth-order valence-corrected chi connectivity index (χ4v) is 7.48. The smallest absolute Gasteiger partial charge is 0.0979 e. The predicted molar refractivity (Wildman–Crippen MR) is 219 cm³/mol. The second-order valence-electron chi connectivity index (χ2n) is 13.2. The summed E-state index contributed by atoms with van der Waals surface area (Å²) >= 11 is 0. The summed E-state index contributed by atoms with van der Waals surface area (Å²) in [5, 5.41) is 4.46. The summed E-state index contributed by atoms with van der Waals surface area (Å²) in [5.74, 6) is 0. The number of rotatable bonds is 6. The molecule has 7 aromatic carbocycles. The summed E-state index contributed by atoms with van der Waals surface area (Å²) in [7, 11) is 0. The monoisotopic (exact) mass is 677 g/mol. The number of fused-ring (bicyclic) bond motifs is 7. The van der Waals surface area contributed by atoms with E-state index in [4.69, 9.17) is 9.97 Å². The van der Waals surface area contributed by atoms with Crippen LogP contribution in [0.5, 0.6) is 0 Å². The molecular weight excluding hydrogens is 647 g/mol. The lowest BCUT2D eigenvalue weighted by molar-refractivity contribution is 1.28. The summed E-state index contributed by atoms with van der Waals surface area (Å²) in [6, 6.07) is 57.5. The van der Waals surface area contributed by atoms with E-state index < -0.39 is 0 Å². The highest BCUT2D eigenvalue weighted by Crippen LogP contribution is 2.40. The molecule has 0 radical (unpaired) electrons. The molecule has 10 rings (SSSR count). The van der Waals surface area contributed by atoms with Crippen LogP contribution in [0.2, 0.25) is 0 Å². The second kappa shape index (κ2) is 12.8. The van der Waals surface area contributed by atoms with Crippen molar-refractivity contribution >= 4 is 60.7 Å². The van der Waals surface area contributed by atoms with Gasteiger partial charge in [-0.05, 0) is 99.8 Å². The highest BCUT2D eigenvalue weighted by molar-refractivity contribution is 6.24. The van der Waals surface area contributed by atoms with E-state index in [9.17, 15) is 0 Å². The summed E-state index contributed by atoms with van der Waals surface area (Å²) in [4.78, 5) is 21.8. The van der Waals surface area contributed by atoms with Gasteiger partial charge in [0, 0.05) is 63.7 Å². The molecular formula is C48H31N5. The van der Waals surface area contributed by atoms with Gasteiger partial charge < -0.3 is 4.90 Å². The lowest BCUT2D eigenvalue weighted by Crippen LogP contribution is -2.09. The number of aromatic nitrogens is 4. The van der Waals surface area contributed by atoms with Gasteiger partial charge in [0.25, 0.3) is 0 Å². The molecule has 5 nitrogen and oxygen atoms in total. The molecule has 0 aliphatic carbocycles. The van der Waals surface area contributed by atoms with E-state index in [-0.39, 0.29) is 0 Å². The van der Waals surface area contributed by atoms with E-state index in [0.717, 1.165) is 94.1 Å². The molecule has 0 bridgehead atoms. The lowest BCUT2D eigenvalue weighted by Gasteiger charge is -2.25. The number of benzene rings is 7. The van der Waals surface area contributed by atoms with Crippen LogP contribution in [0.3, 0.4) is 0 Å². The Bertz CT molecular complexity index is 2880. The Labute approximate surface area is 306 Å². The third-order valence-electron chi connectivity index (χ3n) is 9.98. The van der Waals surface area contributed by atoms with E-state index in [1.54, 1.807) is 12.4 Å². The van der Waals surface area contributed by atoms with E-state index in [1.807, 2.05) is 24.5 Å². The van der Waals surface area contributed by atoms with Gasteiger partial charge in [-0.1, -0.05) is 97.1 Å². The van der Waals surface area contributed by atoms with Crippen molar-refractivity contribution < 1.29 is 0 Å². The number of hydrogen-bond donors (Lipinski definition) is 0. The first-order chi connectivity index (χ1) is 26.3. The largest absolute Gasteiger partial charge is 0.311 e. The molecule has 0 fully saturated rings.